The van der Waals surface area contributed by atoms with E-state index in [0.29, 0.717) is 17.0 Å². The highest BCUT2D eigenvalue weighted by atomic mass is 19.1. The number of rotatable bonds is 3. The van der Waals surface area contributed by atoms with Crippen LogP contribution in [0, 0.1) is 17.1 Å². The van der Waals surface area contributed by atoms with Crippen molar-refractivity contribution in [1.29, 1.82) is 5.26 Å². The molecular weight excluding hydrogens is 299 g/mol. The smallest absolute Gasteiger partial charge is 0.269 e. The molecule has 1 unspecified atom stereocenters. The third-order valence-corrected chi connectivity index (χ3v) is 3.58. The molecule has 0 saturated carbocycles. The van der Waals surface area contributed by atoms with Gasteiger partial charge in [0, 0.05) is 12.5 Å². The van der Waals surface area contributed by atoms with Crippen LogP contribution in [0.1, 0.15) is 5.56 Å². The molecule has 1 N–H and O–H groups in total. The van der Waals surface area contributed by atoms with Gasteiger partial charge in [-0.1, -0.05) is 12.1 Å². The maximum Gasteiger partial charge on any atom is 0.269 e. The molecule has 2 aromatic rings. The Labute approximate surface area is 132 Å². The van der Waals surface area contributed by atoms with Crippen molar-refractivity contribution >= 4 is 11.6 Å². The Morgan fingerprint density at radius 3 is 2.87 bits per heavy atom. The van der Waals surface area contributed by atoms with Crippen LogP contribution in [0.25, 0.3) is 0 Å². The lowest BCUT2D eigenvalue weighted by atomic mass is 10.0. The largest absolute Gasteiger partial charge is 0.508 e. The van der Waals surface area contributed by atoms with Crippen molar-refractivity contribution in [1.82, 2.24) is 0 Å². The van der Waals surface area contributed by atoms with Crippen LogP contribution in [0.5, 0.6) is 11.5 Å². The molecule has 2 aromatic carbocycles. The van der Waals surface area contributed by atoms with Gasteiger partial charge < -0.3 is 9.84 Å². The Morgan fingerprint density at radius 1 is 1.30 bits per heavy atom. The van der Waals surface area contributed by atoms with Crippen LogP contribution >= 0.6 is 0 Å². The maximum atomic E-state index is 13.3. The zero-order valence-corrected chi connectivity index (χ0v) is 12.1. The Bertz CT molecular complexity index is 801. The third-order valence-electron chi connectivity index (χ3n) is 3.58. The number of halogens is 1. The number of phenolic OH excluding ortho intramolecular Hbond substituents is 1. The highest BCUT2D eigenvalue weighted by molar-refractivity contribution is 6.00. The van der Waals surface area contributed by atoms with Gasteiger partial charge in [-0.3, -0.25) is 9.69 Å². The first-order valence-corrected chi connectivity index (χ1v) is 7.01. The van der Waals surface area contributed by atoms with Crippen molar-refractivity contribution in [2.75, 3.05) is 11.4 Å². The number of nitriles is 1. The standard InChI is InChI=1S/C17H13FN2O3/c18-12-3-1-2-11(8-12)9-16-17(22)20(7-6-19)14-10-13(21)4-5-15(14)23-16/h1-5,8,10,16,21H,7,9H2. The SMILES string of the molecule is N#CCN1C(=O)C(Cc2cccc(F)c2)Oc2ccc(O)cc21. The number of hydrogen-bond donors (Lipinski definition) is 1. The molecule has 6 heteroatoms. The molecule has 116 valence electrons. The second-order valence-electron chi connectivity index (χ2n) is 5.18. The minimum absolute atomic E-state index is 0.0216. The molecule has 1 aliphatic rings. The summed E-state index contributed by atoms with van der Waals surface area (Å²) in [5, 5.41) is 18.5. The number of carbonyl (C=O) groups is 1. The second kappa shape index (κ2) is 5.97. The van der Waals surface area contributed by atoms with Crippen molar-refractivity contribution < 1.29 is 19.0 Å². The Balaban J connectivity index is 1.93. The van der Waals surface area contributed by atoms with Gasteiger partial charge >= 0.3 is 0 Å². The fraction of sp³-hybridized carbons (Fsp3) is 0.176. The minimum atomic E-state index is -0.845. The minimum Gasteiger partial charge on any atom is -0.508 e. The first kappa shape index (κ1) is 14.9. The molecular formula is C17H13FN2O3. The molecule has 3 rings (SSSR count). The van der Waals surface area contributed by atoms with Crippen LogP contribution in [0.3, 0.4) is 0 Å². The number of anilines is 1. The van der Waals surface area contributed by atoms with Gasteiger partial charge in [0.15, 0.2) is 6.10 Å². The average Bonchev–Trinajstić information content (AvgIpc) is 2.52. The van der Waals surface area contributed by atoms with E-state index in [2.05, 4.69) is 0 Å². The number of amides is 1. The molecule has 1 amide bonds. The van der Waals surface area contributed by atoms with Gasteiger partial charge in [0.25, 0.3) is 5.91 Å². The molecule has 1 heterocycles. The number of phenols is 1. The summed E-state index contributed by atoms with van der Waals surface area (Å²) >= 11 is 0. The van der Waals surface area contributed by atoms with Crippen molar-refractivity contribution in [2.24, 2.45) is 0 Å². The topological polar surface area (TPSA) is 73.6 Å². The van der Waals surface area contributed by atoms with Gasteiger partial charge in [-0.2, -0.15) is 5.26 Å². The van der Waals surface area contributed by atoms with E-state index in [1.165, 1.54) is 29.2 Å². The molecule has 0 radical (unpaired) electrons. The fourth-order valence-electron chi connectivity index (χ4n) is 2.55. The summed E-state index contributed by atoms with van der Waals surface area (Å²) in [6, 6.07) is 12.2. The number of carbonyl (C=O) groups excluding carboxylic acids is 1. The van der Waals surface area contributed by atoms with E-state index in [9.17, 15) is 14.3 Å². The van der Waals surface area contributed by atoms with Crippen molar-refractivity contribution in [3.8, 4) is 17.6 Å². The van der Waals surface area contributed by atoms with E-state index in [0.717, 1.165) is 0 Å². The van der Waals surface area contributed by atoms with Gasteiger partial charge in [-0.25, -0.2) is 4.39 Å². The highest BCUT2D eigenvalue weighted by Crippen LogP contribution is 2.37. The van der Waals surface area contributed by atoms with Crippen LogP contribution in [0.15, 0.2) is 42.5 Å². The number of hydrogen-bond acceptors (Lipinski definition) is 4. The van der Waals surface area contributed by atoms with Gasteiger partial charge in [-0.05, 0) is 29.8 Å². The molecule has 0 saturated heterocycles. The van der Waals surface area contributed by atoms with Gasteiger partial charge in [0.2, 0.25) is 0 Å². The zero-order valence-electron chi connectivity index (χ0n) is 12.1. The predicted octanol–water partition coefficient (Wildman–Crippen LogP) is 2.39. The maximum absolute atomic E-state index is 13.3. The Kier molecular flexibility index (Phi) is 3.85. The summed E-state index contributed by atoms with van der Waals surface area (Å²) in [4.78, 5) is 13.8. The lowest BCUT2D eigenvalue weighted by Crippen LogP contribution is -2.47. The quantitative estimate of drug-likeness (QED) is 0.883. The fourth-order valence-corrected chi connectivity index (χ4v) is 2.55. The monoisotopic (exact) mass is 312 g/mol. The number of fused-ring (bicyclic) bond motifs is 1. The molecule has 5 nitrogen and oxygen atoms in total. The van der Waals surface area contributed by atoms with Crippen molar-refractivity contribution in [2.45, 2.75) is 12.5 Å². The molecule has 0 aliphatic carbocycles. The van der Waals surface area contributed by atoms with E-state index in [4.69, 9.17) is 10.00 Å². The number of benzene rings is 2. The van der Waals surface area contributed by atoms with Crippen LogP contribution in [-0.2, 0) is 11.2 Å². The molecule has 0 fully saturated rings. The van der Waals surface area contributed by atoms with Crippen LogP contribution in [0.4, 0.5) is 10.1 Å². The van der Waals surface area contributed by atoms with Crippen LogP contribution in [-0.4, -0.2) is 23.7 Å². The molecule has 23 heavy (non-hydrogen) atoms. The Hall–Kier alpha value is -3.07. The van der Waals surface area contributed by atoms with Crippen LogP contribution < -0.4 is 9.64 Å². The van der Waals surface area contributed by atoms with Gasteiger partial charge in [0.1, 0.15) is 23.9 Å². The lowest BCUT2D eigenvalue weighted by molar-refractivity contribution is -0.126. The Morgan fingerprint density at radius 2 is 2.13 bits per heavy atom. The highest BCUT2D eigenvalue weighted by Gasteiger charge is 2.34. The summed E-state index contributed by atoms with van der Waals surface area (Å²) in [7, 11) is 0. The number of ether oxygens (including phenoxy) is 1. The third kappa shape index (κ3) is 2.94. The van der Waals surface area contributed by atoms with E-state index < -0.39 is 12.0 Å². The molecule has 0 aromatic heterocycles. The van der Waals surface area contributed by atoms with E-state index >= 15 is 0 Å². The lowest BCUT2D eigenvalue weighted by Gasteiger charge is -2.33. The van der Waals surface area contributed by atoms with Crippen molar-refractivity contribution in [3.63, 3.8) is 0 Å². The molecule has 1 aliphatic heterocycles. The molecule has 0 spiro atoms. The first-order chi connectivity index (χ1) is 11.1. The normalized spacial score (nSPS) is 16.4. The number of aromatic hydroxyl groups is 1. The second-order valence-corrected chi connectivity index (χ2v) is 5.18. The predicted molar refractivity (Wildman–Crippen MR) is 80.6 cm³/mol. The first-order valence-electron chi connectivity index (χ1n) is 7.01. The summed E-state index contributed by atoms with van der Waals surface area (Å²) < 4.78 is 19.0. The molecule has 0 bridgehead atoms. The van der Waals surface area contributed by atoms with Crippen molar-refractivity contribution in [3.05, 3.63) is 53.8 Å². The molecule has 1 atom stereocenters. The van der Waals surface area contributed by atoms with E-state index in [1.54, 1.807) is 18.2 Å². The van der Waals surface area contributed by atoms with Gasteiger partial charge in [0.05, 0.1) is 11.8 Å². The van der Waals surface area contributed by atoms with Gasteiger partial charge in [-0.15, -0.1) is 0 Å². The summed E-state index contributed by atoms with van der Waals surface area (Å²) in [6.45, 7) is -0.154. The van der Waals surface area contributed by atoms with E-state index in [-0.39, 0.29) is 24.5 Å². The number of nitrogens with zero attached hydrogens (tertiary/aromatic N) is 2. The summed E-state index contributed by atoms with van der Waals surface area (Å²) in [5.74, 6) is -0.399. The van der Waals surface area contributed by atoms with Crippen LogP contribution in [0.2, 0.25) is 0 Å². The van der Waals surface area contributed by atoms with E-state index in [1.807, 2.05) is 6.07 Å². The summed E-state index contributed by atoms with van der Waals surface area (Å²) in [6.07, 6.45) is -0.652. The average molecular weight is 312 g/mol. The zero-order chi connectivity index (χ0) is 16.4. The summed E-state index contributed by atoms with van der Waals surface area (Å²) in [5.41, 5.74) is 0.981.